The molecule has 0 aliphatic carbocycles. The maximum atomic E-state index is 12.4. The minimum Gasteiger partial charge on any atom is -0.339 e. The molecule has 0 aromatic heterocycles. The Morgan fingerprint density at radius 1 is 1.35 bits per heavy atom. The highest BCUT2D eigenvalue weighted by Gasteiger charge is 2.24. The van der Waals surface area contributed by atoms with Crippen LogP contribution in [0.4, 0.5) is 5.69 Å². The zero-order valence-electron chi connectivity index (χ0n) is 11.5. The average molecular weight is 319 g/mol. The lowest BCUT2D eigenvalue weighted by Crippen LogP contribution is -2.36. The van der Waals surface area contributed by atoms with Gasteiger partial charge in [0.25, 0.3) is 11.6 Å². The molecular weight excluding hydrogens is 303 g/mol. The van der Waals surface area contributed by atoms with E-state index < -0.39 is 4.92 Å². The molecule has 0 saturated heterocycles. The number of nitro groups is 1. The molecule has 7 heteroatoms. The second-order valence-corrected chi connectivity index (χ2v) is 5.22. The zero-order chi connectivity index (χ0) is 15.4. The van der Waals surface area contributed by atoms with E-state index in [0.29, 0.717) is 0 Å². The highest BCUT2D eigenvalue weighted by molar-refractivity contribution is 6.44. The monoisotopic (exact) mass is 318 g/mol. The molecule has 0 aliphatic rings. The molecule has 5 nitrogen and oxygen atoms in total. The van der Waals surface area contributed by atoms with Crippen molar-refractivity contribution in [3.05, 3.63) is 37.9 Å². The quantitative estimate of drug-likeness (QED) is 0.604. The number of nitrogens with zero attached hydrogens (tertiary/aromatic N) is 2. The molecule has 0 N–H and O–H groups in total. The van der Waals surface area contributed by atoms with Crippen LogP contribution in [-0.4, -0.2) is 28.8 Å². The van der Waals surface area contributed by atoms with E-state index in [1.807, 2.05) is 13.8 Å². The Balaban J connectivity index is 3.24. The molecule has 1 aromatic carbocycles. The summed E-state index contributed by atoms with van der Waals surface area (Å²) in [7, 11) is 1.66. The van der Waals surface area contributed by atoms with Crippen molar-refractivity contribution in [2.45, 2.75) is 32.7 Å². The Labute approximate surface area is 127 Å². The molecule has 110 valence electrons. The highest BCUT2D eigenvalue weighted by Crippen LogP contribution is 2.32. The van der Waals surface area contributed by atoms with Crippen molar-refractivity contribution in [3.8, 4) is 0 Å². The summed E-state index contributed by atoms with van der Waals surface area (Å²) in [5.41, 5.74) is -0.194. The molecule has 0 aliphatic heterocycles. The standard InChI is InChI=1S/C13H16Cl2N2O3/c1-4-8(5-2)16(3)13(18)10-6-9(17(19)20)7-11(14)12(10)15/h6-8H,4-5H2,1-3H3. The van der Waals surface area contributed by atoms with Crippen LogP contribution in [-0.2, 0) is 0 Å². The van der Waals surface area contributed by atoms with E-state index >= 15 is 0 Å². The number of carbonyl (C=O) groups excluding carboxylic acids is 1. The first-order valence-electron chi connectivity index (χ1n) is 6.24. The van der Waals surface area contributed by atoms with Crippen LogP contribution in [0.5, 0.6) is 0 Å². The van der Waals surface area contributed by atoms with Gasteiger partial charge in [-0.2, -0.15) is 0 Å². The molecule has 0 radical (unpaired) electrons. The summed E-state index contributed by atoms with van der Waals surface area (Å²) in [6.07, 6.45) is 1.58. The van der Waals surface area contributed by atoms with Crippen molar-refractivity contribution in [2.75, 3.05) is 7.05 Å². The van der Waals surface area contributed by atoms with Gasteiger partial charge in [0.15, 0.2) is 0 Å². The van der Waals surface area contributed by atoms with E-state index in [1.165, 1.54) is 0 Å². The van der Waals surface area contributed by atoms with Crippen molar-refractivity contribution in [2.24, 2.45) is 0 Å². The predicted molar refractivity (Wildman–Crippen MR) is 79.6 cm³/mol. The first kappa shape index (κ1) is 16.7. The SMILES string of the molecule is CCC(CC)N(C)C(=O)c1cc([N+](=O)[O-])cc(Cl)c1Cl. The van der Waals surface area contributed by atoms with Crippen LogP contribution in [0.2, 0.25) is 10.0 Å². The van der Waals surface area contributed by atoms with Gasteiger partial charge in [-0.3, -0.25) is 14.9 Å². The molecule has 1 aromatic rings. The molecule has 1 amide bonds. The van der Waals surface area contributed by atoms with Crippen LogP contribution >= 0.6 is 23.2 Å². The van der Waals surface area contributed by atoms with Crippen LogP contribution in [0.1, 0.15) is 37.0 Å². The van der Waals surface area contributed by atoms with E-state index in [-0.39, 0.29) is 33.2 Å². The van der Waals surface area contributed by atoms with Crippen molar-refractivity contribution >= 4 is 34.8 Å². The van der Waals surface area contributed by atoms with Gasteiger partial charge in [0.05, 0.1) is 20.5 Å². The summed E-state index contributed by atoms with van der Waals surface area (Å²) in [5, 5.41) is 10.9. The van der Waals surface area contributed by atoms with Gasteiger partial charge in [0, 0.05) is 25.2 Å². The molecule has 0 spiro atoms. The van der Waals surface area contributed by atoms with Crippen molar-refractivity contribution in [1.82, 2.24) is 4.90 Å². The number of rotatable bonds is 5. The minimum absolute atomic E-state index is 0.00200. The third-order valence-corrected chi connectivity index (χ3v) is 4.07. The minimum atomic E-state index is -0.601. The van der Waals surface area contributed by atoms with Crippen LogP contribution in [0, 0.1) is 10.1 Å². The molecule has 0 heterocycles. The van der Waals surface area contributed by atoms with Crippen molar-refractivity contribution < 1.29 is 9.72 Å². The van der Waals surface area contributed by atoms with Gasteiger partial charge in [-0.25, -0.2) is 0 Å². The smallest absolute Gasteiger partial charge is 0.271 e. The van der Waals surface area contributed by atoms with Gasteiger partial charge in [-0.15, -0.1) is 0 Å². The average Bonchev–Trinajstić information content (AvgIpc) is 2.41. The number of benzene rings is 1. The predicted octanol–water partition coefficient (Wildman–Crippen LogP) is 4.16. The third-order valence-electron chi connectivity index (χ3n) is 3.26. The third kappa shape index (κ3) is 3.41. The second-order valence-electron chi connectivity index (χ2n) is 4.43. The number of halogens is 2. The Hall–Kier alpha value is -1.33. The van der Waals surface area contributed by atoms with Crippen LogP contribution in [0.3, 0.4) is 0 Å². The summed E-state index contributed by atoms with van der Waals surface area (Å²) in [4.78, 5) is 24.2. The van der Waals surface area contributed by atoms with Gasteiger partial charge in [0.2, 0.25) is 0 Å². The van der Waals surface area contributed by atoms with Gasteiger partial charge in [-0.1, -0.05) is 37.0 Å². The summed E-state index contributed by atoms with van der Waals surface area (Å²) >= 11 is 11.8. The summed E-state index contributed by atoms with van der Waals surface area (Å²) in [6, 6.07) is 2.35. The molecule has 0 bridgehead atoms. The van der Waals surface area contributed by atoms with Crippen LogP contribution in [0.15, 0.2) is 12.1 Å². The van der Waals surface area contributed by atoms with Crippen molar-refractivity contribution in [3.63, 3.8) is 0 Å². The topological polar surface area (TPSA) is 63.5 Å². The highest BCUT2D eigenvalue weighted by atomic mass is 35.5. The molecule has 20 heavy (non-hydrogen) atoms. The number of amides is 1. The fourth-order valence-electron chi connectivity index (χ4n) is 2.03. The van der Waals surface area contributed by atoms with Gasteiger partial charge in [0.1, 0.15) is 0 Å². The lowest BCUT2D eigenvalue weighted by atomic mass is 10.1. The van der Waals surface area contributed by atoms with Gasteiger partial charge in [-0.05, 0) is 12.8 Å². The first-order valence-corrected chi connectivity index (χ1v) is 6.99. The zero-order valence-corrected chi connectivity index (χ0v) is 13.0. The second kappa shape index (κ2) is 6.90. The van der Waals surface area contributed by atoms with E-state index in [4.69, 9.17) is 23.2 Å². The Kier molecular flexibility index (Phi) is 5.77. The van der Waals surface area contributed by atoms with Gasteiger partial charge >= 0.3 is 0 Å². The summed E-state index contributed by atoms with van der Waals surface area (Å²) in [6.45, 7) is 3.94. The number of hydrogen-bond donors (Lipinski definition) is 0. The normalized spacial score (nSPS) is 10.7. The Morgan fingerprint density at radius 2 is 1.90 bits per heavy atom. The first-order chi connectivity index (χ1) is 9.33. The van der Waals surface area contributed by atoms with E-state index in [2.05, 4.69) is 0 Å². The fraction of sp³-hybridized carbons (Fsp3) is 0.462. The number of nitro benzene ring substituents is 1. The van der Waals surface area contributed by atoms with Gasteiger partial charge < -0.3 is 4.90 Å². The number of carbonyl (C=O) groups is 1. The lowest BCUT2D eigenvalue weighted by Gasteiger charge is -2.26. The van der Waals surface area contributed by atoms with E-state index in [1.54, 1.807) is 11.9 Å². The molecule has 0 atom stereocenters. The van der Waals surface area contributed by atoms with Crippen LogP contribution in [0.25, 0.3) is 0 Å². The lowest BCUT2D eigenvalue weighted by molar-refractivity contribution is -0.384. The summed E-state index contributed by atoms with van der Waals surface area (Å²) in [5.74, 6) is -0.366. The fourth-order valence-corrected chi connectivity index (χ4v) is 2.43. The largest absolute Gasteiger partial charge is 0.339 e. The van der Waals surface area contributed by atoms with E-state index in [0.717, 1.165) is 25.0 Å². The molecule has 0 fully saturated rings. The number of non-ortho nitro benzene ring substituents is 1. The molecule has 1 rings (SSSR count). The Bertz CT molecular complexity index is 531. The number of hydrogen-bond acceptors (Lipinski definition) is 3. The molecule has 0 unspecified atom stereocenters. The molecule has 0 saturated carbocycles. The van der Waals surface area contributed by atoms with Crippen molar-refractivity contribution in [1.29, 1.82) is 0 Å². The molecular formula is C13H16Cl2N2O3. The van der Waals surface area contributed by atoms with E-state index in [9.17, 15) is 14.9 Å². The Morgan fingerprint density at radius 3 is 2.35 bits per heavy atom. The summed E-state index contributed by atoms with van der Waals surface area (Å²) < 4.78 is 0. The maximum Gasteiger partial charge on any atom is 0.271 e. The maximum absolute atomic E-state index is 12.4. The van der Waals surface area contributed by atoms with Crippen LogP contribution < -0.4 is 0 Å².